The van der Waals surface area contributed by atoms with Gasteiger partial charge in [0, 0.05) is 80.2 Å². The molecular formula is C28H33F2N7O3. The monoisotopic (exact) mass is 553 g/mol. The highest BCUT2D eigenvalue weighted by Gasteiger charge is 2.34. The van der Waals surface area contributed by atoms with Gasteiger partial charge in [-0.1, -0.05) is 0 Å². The first kappa shape index (κ1) is 26.4. The Morgan fingerprint density at radius 2 is 1.93 bits per heavy atom. The van der Waals surface area contributed by atoms with Crippen LogP contribution >= 0.6 is 0 Å². The van der Waals surface area contributed by atoms with E-state index < -0.39 is 6.43 Å². The van der Waals surface area contributed by atoms with Gasteiger partial charge in [0.2, 0.25) is 0 Å². The molecule has 5 heterocycles. The number of ether oxygens (including phenoxy) is 2. The maximum Gasteiger partial charge on any atom is 0.317 e. The number of carbonyl (C=O) groups is 1. The summed E-state index contributed by atoms with van der Waals surface area (Å²) < 4.78 is 41.7. The summed E-state index contributed by atoms with van der Waals surface area (Å²) in [6.07, 6.45) is 4.36. The van der Waals surface area contributed by atoms with Gasteiger partial charge in [0.25, 0.3) is 6.43 Å². The molecule has 3 aliphatic heterocycles. The van der Waals surface area contributed by atoms with E-state index in [1.165, 1.54) is 19.5 Å². The van der Waals surface area contributed by atoms with E-state index >= 15 is 0 Å². The van der Waals surface area contributed by atoms with Crippen LogP contribution in [0.5, 0.6) is 6.01 Å². The SMILES string of the molecule is CNC(=O)N1CCc2c(c(N3CCCc4cc(-c5cnc(OC)nc5)c(C(F)F)cc43)nn2C2CCOCC2)C1. The van der Waals surface area contributed by atoms with E-state index in [9.17, 15) is 13.6 Å². The topological polar surface area (TPSA) is 97.6 Å². The first-order chi connectivity index (χ1) is 19.5. The molecule has 1 saturated heterocycles. The van der Waals surface area contributed by atoms with Gasteiger partial charge in [0.05, 0.1) is 19.7 Å². The third kappa shape index (κ3) is 4.74. The number of aromatic nitrogens is 4. The number of anilines is 2. The van der Waals surface area contributed by atoms with Gasteiger partial charge in [0.1, 0.15) is 0 Å². The second kappa shape index (κ2) is 11.0. The number of methoxy groups -OCH3 is 1. The highest BCUT2D eigenvalue weighted by molar-refractivity contribution is 5.78. The summed E-state index contributed by atoms with van der Waals surface area (Å²) >= 11 is 0. The first-order valence-electron chi connectivity index (χ1n) is 13.7. The minimum Gasteiger partial charge on any atom is -0.467 e. The molecule has 212 valence electrons. The van der Waals surface area contributed by atoms with Gasteiger partial charge in [-0.2, -0.15) is 5.10 Å². The molecule has 0 saturated carbocycles. The lowest BCUT2D eigenvalue weighted by atomic mass is 9.92. The first-order valence-corrected chi connectivity index (χ1v) is 13.7. The lowest BCUT2D eigenvalue weighted by molar-refractivity contribution is 0.0651. The van der Waals surface area contributed by atoms with Crippen molar-refractivity contribution in [1.82, 2.24) is 30.0 Å². The van der Waals surface area contributed by atoms with Crippen LogP contribution in [0.2, 0.25) is 0 Å². The molecule has 1 fully saturated rings. The summed E-state index contributed by atoms with van der Waals surface area (Å²) in [7, 11) is 3.09. The third-order valence-electron chi connectivity index (χ3n) is 8.08. The Bertz CT molecular complexity index is 1390. The van der Waals surface area contributed by atoms with Crippen LogP contribution in [0.15, 0.2) is 24.5 Å². The van der Waals surface area contributed by atoms with Crippen LogP contribution in [0.25, 0.3) is 11.1 Å². The maximum atomic E-state index is 14.5. The van der Waals surface area contributed by atoms with Gasteiger partial charge in [-0.3, -0.25) is 4.68 Å². The van der Waals surface area contributed by atoms with Crippen molar-refractivity contribution in [1.29, 1.82) is 0 Å². The number of halogens is 2. The van der Waals surface area contributed by atoms with E-state index in [1.807, 2.05) is 6.07 Å². The van der Waals surface area contributed by atoms with Crippen LogP contribution in [0, 0.1) is 0 Å². The van der Waals surface area contributed by atoms with E-state index in [-0.39, 0.29) is 23.6 Å². The van der Waals surface area contributed by atoms with Crippen LogP contribution in [-0.4, -0.2) is 71.1 Å². The summed E-state index contributed by atoms with van der Waals surface area (Å²) in [5.41, 5.74) is 4.66. The Kier molecular flexibility index (Phi) is 7.26. The molecule has 2 amide bonds. The maximum absolute atomic E-state index is 14.5. The van der Waals surface area contributed by atoms with Gasteiger partial charge >= 0.3 is 12.0 Å². The summed E-state index contributed by atoms with van der Waals surface area (Å²) in [5.74, 6) is 0.747. The van der Waals surface area contributed by atoms with Gasteiger partial charge in [-0.15, -0.1) is 0 Å². The summed E-state index contributed by atoms with van der Waals surface area (Å²) in [4.78, 5) is 24.7. The smallest absolute Gasteiger partial charge is 0.317 e. The van der Waals surface area contributed by atoms with Crippen LogP contribution in [-0.2, 0) is 24.1 Å². The number of carbonyl (C=O) groups excluding carboxylic acids is 1. The predicted octanol–water partition coefficient (Wildman–Crippen LogP) is 4.42. The molecule has 1 aromatic carbocycles. The number of amides is 2. The van der Waals surface area contributed by atoms with Crippen molar-refractivity contribution in [3.63, 3.8) is 0 Å². The van der Waals surface area contributed by atoms with Crippen molar-refractivity contribution < 1.29 is 23.0 Å². The number of aryl methyl sites for hydroxylation is 1. The van der Waals surface area contributed by atoms with Crippen LogP contribution < -0.4 is 15.0 Å². The number of hydrogen-bond donors (Lipinski definition) is 1. The number of hydrogen-bond acceptors (Lipinski definition) is 7. The van der Waals surface area contributed by atoms with Crippen molar-refractivity contribution in [2.75, 3.05) is 45.4 Å². The molecule has 0 radical (unpaired) electrons. The lowest BCUT2D eigenvalue weighted by Gasteiger charge is -2.33. The van der Waals surface area contributed by atoms with Gasteiger partial charge in [0.15, 0.2) is 5.82 Å². The molecule has 0 unspecified atom stereocenters. The van der Waals surface area contributed by atoms with Gasteiger partial charge < -0.3 is 24.6 Å². The second-order valence-electron chi connectivity index (χ2n) is 10.3. The van der Waals surface area contributed by atoms with Crippen molar-refractivity contribution in [2.45, 2.75) is 51.1 Å². The summed E-state index contributed by atoms with van der Waals surface area (Å²) in [5, 5.41) is 7.87. The summed E-state index contributed by atoms with van der Waals surface area (Å²) in [6, 6.07) is 3.69. The number of alkyl halides is 2. The molecule has 0 atom stereocenters. The minimum atomic E-state index is -2.69. The number of nitrogens with zero attached hydrogens (tertiary/aromatic N) is 6. The Morgan fingerprint density at radius 3 is 2.62 bits per heavy atom. The van der Waals surface area contributed by atoms with Crippen LogP contribution in [0.4, 0.5) is 25.1 Å². The number of urea groups is 1. The Morgan fingerprint density at radius 1 is 1.15 bits per heavy atom. The Hall–Kier alpha value is -3.80. The van der Waals surface area contributed by atoms with Crippen molar-refractivity contribution >= 4 is 17.5 Å². The molecule has 0 spiro atoms. The van der Waals surface area contributed by atoms with E-state index in [0.29, 0.717) is 50.4 Å². The third-order valence-corrected chi connectivity index (χ3v) is 8.08. The molecular weight excluding hydrogens is 520 g/mol. The zero-order valence-electron chi connectivity index (χ0n) is 22.7. The molecule has 2 aromatic heterocycles. The highest BCUT2D eigenvalue weighted by atomic mass is 19.3. The molecule has 6 rings (SSSR count). The van der Waals surface area contributed by atoms with E-state index in [4.69, 9.17) is 14.6 Å². The summed E-state index contributed by atoms with van der Waals surface area (Å²) in [6.45, 7) is 3.03. The highest BCUT2D eigenvalue weighted by Crippen LogP contribution is 2.43. The second-order valence-corrected chi connectivity index (χ2v) is 10.3. The molecule has 12 heteroatoms. The Labute approximate surface area is 231 Å². The standard InChI is InChI=1S/C28H33F2N7O3/c1-31-28(38)35-9-5-23-22(16-35)26(34-37(23)19-6-10-40-11-7-19)36-8-3-4-17-12-20(21(25(29)30)13-24(17)36)18-14-32-27(39-2)33-15-18/h12-15,19,25H,3-11,16H2,1-2H3,(H,31,38). The number of nitrogens with one attached hydrogen (secondary N) is 1. The number of fused-ring (bicyclic) bond motifs is 2. The molecule has 3 aromatic rings. The fourth-order valence-corrected chi connectivity index (χ4v) is 6.07. The van der Waals surface area contributed by atoms with Crippen molar-refractivity contribution in [3.05, 3.63) is 46.9 Å². The van der Waals surface area contributed by atoms with Gasteiger partial charge in [-0.05, 0) is 48.9 Å². The predicted molar refractivity (Wildman–Crippen MR) is 144 cm³/mol. The minimum absolute atomic E-state index is 0.0795. The largest absolute Gasteiger partial charge is 0.467 e. The Balaban J connectivity index is 1.45. The molecule has 40 heavy (non-hydrogen) atoms. The molecule has 0 aliphatic carbocycles. The van der Waals surface area contributed by atoms with E-state index in [1.54, 1.807) is 18.0 Å². The van der Waals surface area contributed by atoms with Crippen LogP contribution in [0.1, 0.15) is 54.1 Å². The van der Waals surface area contributed by atoms with Crippen molar-refractivity contribution in [3.8, 4) is 17.1 Å². The quantitative estimate of drug-likeness (QED) is 0.500. The fourth-order valence-electron chi connectivity index (χ4n) is 6.07. The molecule has 3 aliphatic rings. The molecule has 1 N–H and O–H groups in total. The lowest BCUT2D eigenvalue weighted by Crippen LogP contribution is -2.42. The number of benzene rings is 1. The van der Waals surface area contributed by atoms with E-state index in [2.05, 4.69) is 24.9 Å². The fraction of sp³-hybridized carbons (Fsp3) is 0.500. The average molecular weight is 554 g/mol. The normalized spacial score (nSPS) is 17.5. The van der Waals surface area contributed by atoms with E-state index in [0.717, 1.165) is 54.0 Å². The van der Waals surface area contributed by atoms with Crippen molar-refractivity contribution in [2.24, 2.45) is 0 Å². The molecule has 10 nitrogen and oxygen atoms in total. The zero-order valence-corrected chi connectivity index (χ0v) is 22.7. The zero-order chi connectivity index (χ0) is 27.8. The average Bonchev–Trinajstić information content (AvgIpc) is 3.38. The number of rotatable bonds is 5. The van der Waals surface area contributed by atoms with Crippen LogP contribution in [0.3, 0.4) is 0 Å². The van der Waals surface area contributed by atoms with Gasteiger partial charge in [-0.25, -0.2) is 23.5 Å². The molecule has 0 bridgehead atoms.